The molecule has 0 radical (unpaired) electrons. The van der Waals surface area contributed by atoms with E-state index in [2.05, 4.69) is 31.2 Å². The van der Waals surface area contributed by atoms with Crippen molar-refractivity contribution in [2.24, 2.45) is 0 Å². The molecule has 0 aliphatic heterocycles. The molecule has 0 saturated heterocycles. The van der Waals surface area contributed by atoms with Gasteiger partial charge in [0.25, 0.3) is 0 Å². The third-order valence-electron chi connectivity index (χ3n) is 3.19. The molecule has 0 aliphatic rings. The summed E-state index contributed by atoms with van der Waals surface area (Å²) in [5.41, 5.74) is 1.79. The number of aromatic amines is 1. The van der Waals surface area contributed by atoms with Crippen molar-refractivity contribution in [2.45, 2.75) is 12.7 Å². The van der Waals surface area contributed by atoms with E-state index in [-0.39, 0.29) is 0 Å². The van der Waals surface area contributed by atoms with Gasteiger partial charge in [-0.3, -0.25) is 0 Å². The first-order valence-corrected chi connectivity index (χ1v) is 7.26. The Morgan fingerprint density at radius 1 is 1.09 bits per heavy atom. The first-order valence-electron chi connectivity index (χ1n) is 6.47. The predicted molar refractivity (Wildman–Crippen MR) is 82.6 cm³/mol. The second-order valence-electron chi connectivity index (χ2n) is 4.80. The van der Waals surface area contributed by atoms with Crippen LogP contribution in [0.25, 0.3) is 11.0 Å². The molecule has 22 heavy (non-hydrogen) atoms. The Morgan fingerprint density at radius 3 is 2.50 bits per heavy atom. The summed E-state index contributed by atoms with van der Waals surface area (Å²) in [4.78, 5) is 7.47. The van der Waals surface area contributed by atoms with E-state index in [0.717, 1.165) is 33.2 Å². The maximum Gasteiger partial charge on any atom is 0.416 e. The molecule has 3 aromatic rings. The van der Waals surface area contributed by atoms with E-state index in [0.29, 0.717) is 12.5 Å². The summed E-state index contributed by atoms with van der Waals surface area (Å²) in [5, 5.41) is 3.06. The lowest BCUT2D eigenvalue weighted by Gasteiger charge is -2.08. The van der Waals surface area contributed by atoms with Gasteiger partial charge in [0.2, 0.25) is 5.95 Å². The molecule has 3 nitrogen and oxygen atoms in total. The fourth-order valence-electron chi connectivity index (χ4n) is 2.06. The number of H-pyrrole nitrogens is 1. The van der Waals surface area contributed by atoms with Crippen LogP contribution in [0.5, 0.6) is 0 Å². The number of anilines is 1. The summed E-state index contributed by atoms with van der Waals surface area (Å²) in [7, 11) is 0. The van der Waals surface area contributed by atoms with Crippen LogP contribution in [0.4, 0.5) is 19.1 Å². The van der Waals surface area contributed by atoms with Gasteiger partial charge in [0.05, 0.1) is 16.6 Å². The van der Waals surface area contributed by atoms with Crippen LogP contribution in [0.3, 0.4) is 0 Å². The molecule has 1 heterocycles. The minimum atomic E-state index is -4.31. The highest BCUT2D eigenvalue weighted by Gasteiger charge is 2.29. The third-order valence-corrected chi connectivity index (χ3v) is 3.68. The van der Waals surface area contributed by atoms with Gasteiger partial charge in [0.15, 0.2) is 0 Å². The van der Waals surface area contributed by atoms with Gasteiger partial charge in [0, 0.05) is 11.0 Å². The van der Waals surface area contributed by atoms with Gasteiger partial charge in [-0.05, 0) is 35.9 Å². The van der Waals surface area contributed by atoms with Gasteiger partial charge in [-0.1, -0.05) is 28.1 Å². The van der Waals surface area contributed by atoms with Crippen molar-refractivity contribution in [2.75, 3.05) is 5.32 Å². The first-order chi connectivity index (χ1) is 10.4. The number of alkyl halides is 3. The Kier molecular flexibility index (Phi) is 3.82. The Labute approximate surface area is 132 Å². The van der Waals surface area contributed by atoms with E-state index in [9.17, 15) is 13.2 Å². The molecule has 0 spiro atoms. The van der Waals surface area contributed by atoms with Gasteiger partial charge in [-0.2, -0.15) is 13.2 Å². The zero-order chi connectivity index (χ0) is 15.7. The number of hydrogen-bond acceptors (Lipinski definition) is 2. The van der Waals surface area contributed by atoms with Crippen LogP contribution in [-0.2, 0) is 12.7 Å². The van der Waals surface area contributed by atoms with Gasteiger partial charge in [0.1, 0.15) is 0 Å². The molecule has 0 saturated carbocycles. The second kappa shape index (κ2) is 5.64. The maximum absolute atomic E-state index is 12.5. The summed E-state index contributed by atoms with van der Waals surface area (Å²) < 4.78 is 38.4. The first kappa shape index (κ1) is 14.9. The number of benzene rings is 2. The molecular weight excluding hydrogens is 359 g/mol. The third kappa shape index (κ3) is 3.24. The van der Waals surface area contributed by atoms with Crippen LogP contribution in [0.1, 0.15) is 11.1 Å². The lowest BCUT2D eigenvalue weighted by molar-refractivity contribution is -0.137. The predicted octanol–water partition coefficient (Wildman–Crippen LogP) is 4.96. The molecule has 2 N–H and O–H groups in total. The van der Waals surface area contributed by atoms with Crippen molar-refractivity contribution in [1.29, 1.82) is 0 Å². The molecule has 0 bridgehead atoms. The topological polar surface area (TPSA) is 40.7 Å². The highest BCUT2D eigenvalue weighted by atomic mass is 79.9. The van der Waals surface area contributed by atoms with Gasteiger partial charge in [-0.25, -0.2) is 4.98 Å². The van der Waals surface area contributed by atoms with Crippen molar-refractivity contribution in [3.8, 4) is 0 Å². The van der Waals surface area contributed by atoms with Crippen LogP contribution in [0.15, 0.2) is 46.9 Å². The minimum Gasteiger partial charge on any atom is -0.352 e. The number of rotatable bonds is 3. The van der Waals surface area contributed by atoms with Crippen LogP contribution in [0.2, 0.25) is 0 Å². The molecule has 0 unspecified atom stereocenters. The van der Waals surface area contributed by atoms with E-state index in [4.69, 9.17) is 0 Å². The molecule has 7 heteroatoms. The fraction of sp³-hybridized carbons (Fsp3) is 0.133. The Balaban J connectivity index is 1.71. The van der Waals surface area contributed by atoms with Crippen molar-refractivity contribution in [1.82, 2.24) is 9.97 Å². The fourth-order valence-corrected chi connectivity index (χ4v) is 2.41. The number of fused-ring (bicyclic) bond motifs is 1. The monoisotopic (exact) mass is 369 g/mol. The van der Waals surface area contributed by atoms with Crippen molar-refractivity contribution < 1.29 is 13.2 Å². The summed E-state index contributed by atoms with van der Waals surface area (Å²) in [6.45, 7) is 0.388. The molecule has 3 rings (SSSR count). The van der Waals surface area contributed by atoms with Crippen molar-refractivity contribution in [3.05, 3.63) is 58.1 Å². The lowest BCUT2D eigenvalue weighted by atomic mass is 10.1. The molecule has 114 valence electrons. The zero-order valence-electron chi connectivity index (χ0n) is 11.2. The number of aromatic nitrogens is 2. The lowest BCUT2D eigenvalue weighted by Crippen LogP contribution is -2.06. The largest absolute Gasteiger partial charge is 0.416 e. The van der Waals surface area contributed by atoms with Crippen LogP contribution >= 0.6 is 15.9 Å². The van der Waals surface area contributed by atoms with E-state index in [1.807, 2.05) is 18.2 Å². The van der Waals surface area contributed by atoms with Gasteiger partial charge >= 0.3 is 6.18 Å². The average molecular weight is 370 g/mol. The Morgan fingerprint density at radius 2 is 1.82 bits per heavy atom. The Bertz CT molecular complexity index is 794. The molecule has 0 aliphatic carbocycles. The average Bonchev–Trinajstić information content (AvgIpc) is 2.86. The van der Waals surface area contributed by atoms with Crippen LogP contribution in [-0.4, -0.2) is 9.97 Å². The van der Waals surface area contributed by atoms with Crippen LogP contribution < -0.4 is 5.32 Å². The number of hydrogen-bond donors (Lipinski definition) is 2. The number of nitrogens with one attached hydrogen (secondary N) is 2. The number of nitrogens with zero attached hydrogens (tertiary/aromatic N) is 1. The maximum atomic E-state index is 12.5. The summed E-state index contributed by atoms with van der Waals surface area (Å²) >= 11 is 3.37. The van der Waals surface area contributed by atoms with E-state index in [1.165, 1.54) is 12.1 Å². The Hall–Kier alpha value is -2.02. The second-order valence-corrected chi connectivity index (χ2v) is 5.71. The highest BCUT2D eigenvalue weighted by Crippen LogP contribution is 2.29. The number of imidazole rings is 1. The number of halogens is 4. The molecule has 0 amide bonds. The minimum absolute atomic E-state index is 0.388. The summed E-state index contributed by atoms with van der Waals surface area (Å²) in [6, 6.07) is 10.7. The smallest absolute Gasteiger partial charge is 0.352 e. The standard InChI is InChI=1S/C15H11BrF3N3/c16-11-5-6-12-13(7-11)22-14(21-12)20-8-9-1-3-10(4-2-9)15(17,18)19/h1-7H,8H2,(H2,20,21,22). The molecule has 0 atom stereocenters. The SMILES string of the molecule is FC(F)(F)c1ccc(CNc2nc3cc(Br)ccc3[nH]2)cc1. The normalized spacial score (nSPS) is 11.8. The van der Waals surface area contributed by atoms with E-state index >= 15 is 0 Å². The molecule has 0 fully saturated rings. The van der Waals surface area contributed by atoms with E-state index < -0.39 is 11.7 Å². The van der Waals surface area contributed by atoms with Crippen molar-refractivity contribution >= 4 is 32.9 Å². The zero-order valence-corrected chi connectivity index (χ0v) is 12.8. The van der Waals surface area contributed by atoms with Gasteiger partial charge < -0.3 is 10.3 Å². The van der Waals surface area contributed by atoms with Crippen molar-refractivity contribution in [3.63, 3.8) is 0 Å². The summed E-state index contributed by atoms with van der Waals surface area (Å²) in [5.74, 6) is 0.577. The molecule has 2 aromatic carbocycles. The van der Waals surface area contributed by atoms with Crippen LogP contribution in [0, 0.1) is 0 Å². The molecule has 1 aromatic heterocycles. The quantitative estimate of drug-likeness (QED) is 0.685. The molecular formula is C15H11BrF3N3. The summed E-state index contributed by atoms with van der Waals surface area (Å²) in [6.07, 6.45) is -4.31. The van der Waals surface area contributed by atoms with Gasteiger partial charge in [-0.15, -0.1) is 0 Å². The van der Waals surface area contributed by atoms with E-state index in [1.54, 1.807) is 0 Å². The highest BCUT2D eigenvalue weighted by molar-refractivity contribution is 9.10.